The molecule has 0 saturated heterocycles. The van der Waals surface area contributed by atoms with Gasteiger partial charge in [0.2, 0.25) is 5.91 Å². The van der Waals surface area contributed by atoms with Crippen LogP contribution in [0.25, 0.3) is 0 Å². The topological polar surface area (TPSA) is 64.3 Å². The normalized spacial score (nSPS) is 31.6. The summed E-state index contributed by atoms with van der Waals surface area (Å²) in [5, 5.41) is 3.12. The van der Waals surface area contributed by atoms with E-state index >= 15 is 0 Å². The van der Waals surface area contributed by atoms with Crippen LogP contribution in [0.4, 0.5) is 0 Å². The van der Waals surface area contributed by atoms with E-state index in [9.17, 15) is 4.79 Å². The van der Waals surface area contributed by atoms with Crippen LogP contribution >= 0.6 is 0 Å². The highest BCUT2D eigenvalue weighted by molar-refractivity contribution is 5.77. The van der Waals surface area contributed by atoms with Crippen LogP contribution in [0, 0.1) is 0 Å². The maximum atomic E-state index is 11.9. The van der Waals surface area contributed by atoms with Crippen molar-refractivity contribution in [3.8, 4) is 0 Å². The first-order valence-electron chi connectivity index (χ1n) is 6.74. The second-order valence-electron chi connectivity index (χ2n) is 5.60. The van der Waals surface area contributed by atoms with E-state index in [1.807, 2.05) is 0 Å². The predicted octanol–water partition coefficient (Wildman–Crippen LogP) is 1.33. The molecule has 2 aliphatic rings. The van der Waals surface area contributed by atoms with Crippen LogP contribution in [0.15, 0.2) is 0 Å². The fraction of sp³-hybridized carbons (Fsp3) is 0.923. The van der Waals surface area contributed by atoms with E-state index < -0.39 is 0 Å². The Hall–Kier alpha value is -0.610. The van der Waals surface area contributed by atoms with Gasteiger partial charge in [-0.15, -0.1) is 0 Å². The monoisotopic (exact) mass is 240 g/mol. The van der Waals surface area contributed by atoms with Gasteiger partial charge in [-0.05, 0) is 44.9 Å². The second-order valence-corrected chi connectivity index (χ2v) is 5.60. The van der Waals surface area contributed by atoms with Crippen molar-refractivity contribution in [2.24, 2.45) is 5.73 Å². The van der Waals surface area contributed by atoms with Crippen LogP contribution in [0.3, 0.4) is 0 Å². The molecule has 2 aliphatic carbocycles. The Morgan fingerprint density at radius 1 is 1.35 bits per heavy atom. The summed E-state index contributed by atoms with van der Waals surface area (Å²) in [4.78, 5) is 11.9. The van der Waals surface area contributed by atoms with Gasteiger partial charge in [0, 0.05) is 19.2 Å². The van der Waals surface area contributed by atoms with Gasteiger partial charge < -0.3 is 15.8 Å². The Kier molecular flexibility index (Phi) is 4.05. The molecule has 4 heteroatoms. The first-order valence-corrected chi connectivity index (χ1v) is 6.74. The SMILES string of the molecule is COC1(CC(=O)NC2CCC(N)CC2)CCC1. The number of nitrogens with two attached hydrogens (primary N) is 1. The maximum absolute atomic E-state index is 11.9. The van der Waals surface area contributed by atoms with Crippen molar-refractivity contribution in [1.82, 2.24) is 5.32 Å². The Labute approximate surface area is 103 Å². The number of nitrogens with one attached hydrogen (secondary N) is 1. The summed E-state index contributed by atoms with van der Waals surface area (Å²) in [5.41, 5.74) is 5.69. The van der Waals surface area contributed by atoms with Crippen LogP contribution in [0.1, 0.15) is 51.4 Å². The number of methoxy groups -OCH3 is 1. The van der Waals surface area contributed by atoms with E-state index in [1.54, 1.807) is 7.11 Å². The lowest BCUT2D eigenvalue weighted by molar-refractivity contribution is -0.135. The molecule has 0 aromatic carbocycles. The van der Waals surface area contributed by atoms with Gasteiger partial charge in [0.15, 0.2) is 0 Å². The summed E-state index contributed by atoms with van der Waals surface area (Å²) in [5.74, 6) is 0.145. The van der Waals surface area contributed by atoms with Gasteiger partial charge >= 0.3 is 0 Å². The minimum absolute atomic E-state index is 0.145. The Bertz CT molecular complexity index is 263. The molecule has 0 spiro atoms. The summed E-state index contributed by atoms with van der Waals surface area (Å²) >= 11 is 0. The van der Waals surface area contributed by atoms with Gasteiger partial charge in [-0.1, -0.05) is 0 Å². The third-order valence-corrected chi connectivity index (χ3v) is 4.32. The van der Waals surface area contributed by atoms with Crippen LogP contribution < -0.4 is 11.1 Å². The van der Waals surface area contributed by atoms with E-state index in [0.717, 1.165) is 38.5 Å². The largest absolute Gasteiger partial charge is 0.378 e. The molecule has 0 aliphatic heterocycles. The van der Waals surface area contributed by atoms with Crippen molar-refractivity contribution in [2.45, 2.75) is 69.1 Å². The van der Waals surface area contributed by atoms with Crippen LogP contribution in [-0.4, -0.2) is 30.7 Å². The molecule has 0 radical (unpaired) electrons. The standard InChI is InChI=1S/C13H24N2O2/c1-17-13(7-2-8-13)9-12(16)15-11-5-3-10(14)4-6-11/h10-11H,2-9,14H2,1H3,(H,15,16). The van der Waals surface area contributed by atoms with Crippen molar-refractivity contribution in [3.63, 3.8) is 0 Å². The van der Waals surface area contributed by atoms with Crippen molar-refractivity contribution < 1.29 is 9.53 Å². The molecule has 0 heterocycles. The maximum Gasteiger partial charge on any atom is 0.223 e. The highest BCUT2D eigenvalue weighted by Crippen LogP contribution is 2.37. The number of carbonyl (C=O) groups is 1. The average Bonchev–Trinajstić information content (AvgIpc) is 2.27. The first-order chi connectivity index (χ1) is 8.13. The summed E-state index contributed by atoms with van der Waals surface area (Å²) < 4.78 is 5.47. The van der Waals surface area contributed by atoms with Gasteiger partial charge in [-0.3, -0.25) is 4.79 Å². The lowest BCUT2D eigenvalue weighted by Gasteiger charge is -2.40. The molecule has 0 aromatic heterocycles. The van der Waals surface area contributed by atoms with Crippen LogP contribution in [0.2, 0.25) is 0 Å². The van der Waals surface area contributed by atoms with E-state index in [2.05, 4.69) is 5.32 Å². The molecule has 0 unspecified atom stereocenters. The third kappa shape index (κ3) is 3.19. The smallest absolute Gasteiger partial charge is 0.223 e. The first kappa shape index (κ1) is 12.8. The number of hydrogen-bond donors (Lipinski definition) is 2. The van der Waals surface area contributed by atoms with Gasteiger partial charge in [0.25, 0.3) is 0 Å². The second kappa shape index (κ2) is 5.36. The molecular formula is C13H24N2O2. The molecule has 0 atom stereocenters. The zero-order valence-corrected chi connectivity index (χ0v) is 10.7. The predicted molar refractivity (Wildman–Crippen MR) is 66.6 cm³/mol. The fourth-order valence-corrected chi connectivity index (χ4v) is 2.86. The van der Waals surface area contributed by atoms with Crippen molar-refractivity contribution in [3.05, 3.63) is 0 Å². The third-order valence-electron chi connectivity index (χ3n) is 4.32. The molecule has 0 bridgehead atoms. The molecule has 2 saturated carbocycles. The molecule has 2 rings (SSSR count). The minimum Gasteiger partial charge on any atom is -0.378 e. The number of carbonyl (C=O) groups excluding carboxylic acids is 1. The van der Waals surface area contributed by atoms with Crippen molar-refractivity contribution in [1.29, 1.82) is 0 Å². The number of rotatable bonds is 4. The average molecular weight is 240 g/mol. The van der Waals surface area contributed by atoms with E-state index in [-0.39, 0.29) is 11.5 Å². The van der Waals surface area contributed by atoms with Crippen LogP contribution in [-0.2, 0) is 9.53 Å². The molecule has 98 valence electrons. The quantitative estimate of drug-likeness (QED) is 0.779. The Morgan fingerprint density at radius 3 is 2.47 bits per heavy atom. The zero-order chi connectivity index (χ0) is 12.3. The summed E-state index contributed by atoms with van der Waals surface area (Å²) in [6, 6.07) is 0.663. The molecule has 3 N–H and O–H groups in total. The highest BCUT2D eigenvalue weighted by atomic mass is 16.5. The zero-order valence-electron chi connectivity index (χ0n) is 10.7. The number of hydrogen-bond acceptors (Lipinski definition) is 3. The van der Waals surface area contributed by atoms with Gasteiger partial charge in [0.05, 0.1) is 12.0 Å². The lowest BCUT2D eigenvalue weighted by atomic mass is 9.77. The molecule has 1 amide bonds. The van der Waals surface area contributed by atoms with E-state index in [0.29, 0.717) is 18.5 Å². The highest BCUT2D eigenvalue weighted by Gasteiger charge is 2.39. The molecule has 0 aromatic rings. The Balaban J connectivity index is 1.73. The Morgan fingerprint density at radius 2 is 2.00 bits per heavy atom. The fourth-order valence-electron chi connectivity index (χ4n) is 2.86. The van der Waals surface area contributed by atoms with Gasteiger partial charge in [-0.2, -0.15) is 0 Å². The summed E-state index contributed by atoms with van der Waals surface area (Å²) in [7, 11) is 1.71. The van der Waals surface area contributed by atoms with Crippen LogP contribution in [0.5, 0.6) is 0 Å². The molecular weight excluding hydrogens is 216 g/mol. The van der Waals surface area contributed by atoms with Crippen molar-refractivity contribution in [2.75, 3.05) is 7.11 Å². The summed E-state index contributed by atoms with van der Waals surface area (Å²) in [6.07, 6.45) is 7.84. The molecule has 17 heavy (non-hydrogen) atoms. The number of ether oxygens (including phenoxy) is 1. The summed E-state index contributed by atoms with van der Waals surface area (Å²) in [6.45, 7) is 0. The van der Waals surface area contributed by atoms with Gasteiger partial charge in [-0.25, -0.2) is 0 Å². The van der Waals surface area contributed by atoms with Gasteiger partial charge in [0.1, 0.15) is 0 Å². The van der Waals surface area contributed by atoms with E-state index in [4.69, 9.17) is 10.5 Å². The van der Waals surface area contributed by atoms with E-state index in [1.165, 1.54) is 6.42 Å². The molecule has 4 nitrogen and oxygen atoms in total. The lowest BCUT2D eigenvalue weighted by Crippen LogP contribution is -2.47. The van der Waals surface area contributed by atoms with Crippen molar-refractivity contribution >= 4 is 5.91 Å². The molecule has 2 fully saturated rings. The minimum atomic E-state index is -0.158. The number of amides is 1.